The Morgan fingerprint density at radius 3 is 2.57 bits per heavy atom. The molecule has 0 N–H and O–H groups in total. The molecule has 0 aliphatic rings. The summed E-state index contributed by atoms with van der Waals surface area (Å²) in [7, 11) is -1.65. The maximum Gasteiger partial charge on any atom is 0.252 e. The summed E-state index contributed by atoms with van der Waals surface area (Å²) in [5.74, 6) is 0.437. The van der Waals surface area contributed by atoms with Crippen molar-refractivity contribution in [2.45, 2.75) is 17.9 Å². The van der Waals surface area contributed by atoms with Gasteiger partial charge in [0.15, 0.2) is 14.6 Å². The van der Waals surface area contributed by atoms with Gasteiger partial charge in [-0.15, -0.1) is 6.58 Å². The SMILES string of the molecule is C=CCn1c(=NC(=O)Cc2ccc(S(C)(=O)=O)cc2)sc2cc(OC)ccc21. The van der Waals surface area contributed by atoms with Crippen LogP contribution in [0, 0.1) is 0 Å². The Hall–Kier alpha value is -2.71. The maximum absolute atomic E-state index is 12.5. The molecule has 0 aliphatic carbocycles. The first-order valence-electron chi connectivity index (χ1n) is 8.46. The summed E-state index contributed by atoms with van der Waals surface area (Å²) < 4.78 is 31.2. The predicted molar refractivity (Wildman–Crippen MR) is 110 cm³/mol. The summed E-state index contributed by atoms with van der Waals surface area (Å²) in [5.41, 5.74) is 1.66. The topological polar surface area (TPSA) is 77.7 Å². The van der Waals surface area contributed by atoms with Crippen molar-refractivity contribution in [3.05, 3.63) is 65.5 Å². The number of hydrogen-bond acceptors (Lipinski definition) is 5. The summed E-state index contributed by atoms with van der Waals surface area (Å²) in [5, 5.41) is 0. The minimum Gasteiger partial charge on any atom is -0.497 e. The van der Waals surface area contributed by atoms with Crippen molar-refractivity contribution < 1.29 is 17.9 Å². The molecule has 0 aliphatic heterocycles. The van der Waals surface area contributed by atoms with E-state index in [9.17, 15) is 13.2 Å². The molecule has 8 heteroatoms. The van der Waals surface area contributed by atoms with E-state index in [1.54, 1.807) is 25.3 Å². The summed E-state index contributed by atoms with van der Waals surface area (Å²) in [6, 6.07) is 12.0. The van der Waals surface area contributed by atoms with E-state index in [1.807, 2.05) is 22.8 Å². The van der Waals surface area contributed by atoms with Crippen LogP contribution in [0.2, 0.25) is 0 Å². The van der Waals surface area contributed by atoms with Crippen molar-refractivity contribution >= 4 is 37.3 Å². The number of amides is 1. The lowest BCUT2D eigenvalue weighted by molar-refractivity contribution is -0.117. The number of methoxy groups -OCH3 is 1. The number of aromatic nitrogens is 1. The summed E-state index contributed by atoms with van der Waals surface area (Å²) in [4.78, 5) is 17.6. The van der Waals surface area contributed by atoms with Gasteiger partial charge in [0.1, 0.15) is 5.75 Å². The van der Waals surface area contributed by atoms with Gasteiger partial charge in [0, 0.05) is 12.8 Å². The fraction of sp³-hybridized carbons (Fsp3) is 0.200. The van der Waals surface area contributed by atoms with Crippen molar-refractivity contribution in [2.24, 2.45) is 4.99 Å². The molecule has 6 nitrogen and oxygen atoms in total. The van der Waals surface area contributed by atoms with Crippen LogP contribution in [0.1, 0.15) is 5.56 Å². The van der Waals surface area contributed by atoms with Gasteiger partial charge in [-0.05, 0) is 35.9 Å². The highest BCUT2D eigenvalue weighted by molar-refractivity contribution is 7.90. The molecular formula is C20H20N2O4S2. The van der Waals surface area contributed by atoms with Gasteiger partial charge in [-0.25, -0.2) is 8.42 Å². The Morgan fingerprint density at radius 1 is 1.25 bits per heavy atom. The normalized spacial score (nSPS) is 12.3. The molecule has 0 spiro atoms. The lowest BCUT2D eigenvalue weighted by atomic mass is 10.1. The predicted octanol–water partition coefficient (Wildman–Crippen LogP) is 2.97. The molecule has 0 bridgehead atoms. The van der Waals surface area contributed by atoms with Gasteiger partial charge in [-0.1, -0.05) is 29.5 Å². The van der Waals surface area contributed by atoms with E-state index >= 15 is 0 Å². The van der Waals surface area contributed by atoms with Gasteiger partial charge in [0.05, 0.1) is 28.6 Å². The van der Waals surface area contributed by atoms with Crippen LogP contribution in [0.15, 0.2) is 65.0 Å². The molecule has 28 heavy (non-hydrogen) atoms. The van der Waals surface area contributed by atoms with Crippen molar-refractivity contribution in [1.82, 2.24) is 4.57 Å². The molecule has 0 fully saturated rings. The second kappa shape index (κ2) is 8.12. The van der Waals surface area contributed by atoms with Gasteiger partial charge in [0.2, 0.25) is 0 Å². The Labute approximate surface area is 167 Å². The number of thiazole rings is 1. The highest BCUT2D eigenvalue weighted by Gasteiger charge is 2.10. The summed E-state index contributed by atoms with van der Waals surface area (Å²) in [6.07, 6.45) is 3.00. The van der Waals surface area contributed by atoms with E-state index in [4.69, 9.17) is 4.74 Å². The number of carbonyl (C=O) groups is 1. The first-order valence-corrected chi connectivity index (χ1v) is 11.2. The molecule has 3 aromatic rings. The fourth-order valence-corrected chi connectivity index (χ4v) is 4.46. The van der Waals surface area contributed by atoms with Gasteiger partial charge >= 0.3 is 0 Å². The van der Waals surface area contributed by atoms with Gasteiger partial charge in [-0.2, -0.15) is 4.99 Å². The first kappa shape index (κ1) is 20.0. The number of sulfone groups is 1. The van der Waals surface area contributed by atoms with Crippen molar-refractivity contribution in [3.8, 4) is 5.75 Å². The average Bonchev–Trinajstić information content (AvgIpc) is 2.98. The second-order valence-electron chi connectivity index (χ2n) is 6.22. The number of fused-ring (bicyclic) bond motifs is 1. The Balaban J connectivity index is 1.93. The largest absolute Gasteiger partial charge is 0.497 e. The quantitative estimate of drug-likeness (QED) is 0.579. The summed E-state index contributed by atoms with van der Waals surface area (Å²) >= 11 is 1.41. The lowest BCUT2D eigenvalue weighted by Crippen LogP contribution is -2.16. The molecule has 0 unspecified atom stereocenters. The highest BCUT2D eigenvalue weighted by Crippen LogP contribution is 2.23. The van der Waals surface area contributed by atoms with E-state index in [0.29, 0.717) is 16.9 Å². The van der Waals surface area contributed by atoms with Crippen LogP contribution in [-0.2, 0) is 27.6 Å². The molecule has 0 atom stereocenters. The molecule has 0 saturated heterocycles. The molecule has 1 heterocycles. The monoisotopic (exact) mass is 416 g/mol. The third-order valence-corrected chi connectivity index (χ3v) is 6.30. The van der Waals surface area contributed by atoms with Crippen molar-refractivity contribution in [1.29, 1.82) is 0 Å². The minimum absolute atomic E-state index is 0.0930. The zero-order valence-corrected chi connectivity index (χ0v) is 17.2. The van der Waals surface area contributed by atoms with E-state index in [0.717, 1.165) is 22.2 Å². The number of nitrogens with zero attached hydrogens (tertiary/aromatic N) is 2. The van der Waals surface area contributed by atoms with E-state index in [-0.39, 0.29) is 17.2 Å². The Kier molecular flexibility index (Phi) is 5.81. The Morgan fingerprint density at radius 2 is 1.96 bits per heavy atom. The van der Waals surface area contributed by atoms with E-state index in [1.165, 1.54) is 23.5 Å². The zero-order chi connectivity index (χ0) is 20.3. The third-order valence-electron chi connectivity index (χ3n) is 4.13. The average molecular weight is 417 g/mol. The van der Waals surface area contributed by atoms with Crippen molar-refractivity contribution in [3.63, 3.8) is 0 Å². The number of carbonyl (C=O) groups excluding carboxylic acids is 1. The van der Waals surface area contributed by atoms with E-state index in [2.05, 4.69) is 11.6 Å². The van der Waals surface area contributed by atoms with Crippen LogP contribution in [0.3, 0.4) is 0 Å². The van der Waals surface area contributed by atoms with Gasteiger partial charge in [0.25, 0.3) is 5.91 Å². The Bertz CT molecular complexity index is 1200. The molecule has 3 rings (SSSR count). The van der Waals surface area contributed by atoms with Crippen LogP contribution < -0.4 is 9.54 Å². The zero-order valence-electron chi connectivity index (χ0n) is 15.6. The van der Waals surface area contributed by atoms with Crippen molar-refractivity contribution in [2.75, 3.05) is 13.4 Å². The van der Waals surface area contributed by atoms with Crippen LogP contribution in [0.25, 0.3) is 10.2 Å². The van der Waals surface area contributed by atoms with Crippen LogP contribution >= 0.6 is 11.3 Å². The standard InChI is InChI=1S/C20H20N2O4S2/c1-4-11-22-17-10-7-15(26-2)13-18(17)27-20(22)21-19(23)12-14-5-8-16(9-6-14)28(3,24)25/h4-10,13H,1,11-12H2,2-3H3. The summed E-state index contributed by atoms with van der Waals surface area (Å²) in [6.45, 7) is 4.30. The molecule has 1 aromatic heterocycles. The molecule has 0 saturated carbocycles. The van der Waals surface area contributed by atoms with Gasteiger partial charge < -0.3 is 9.30 Å². The van der Waals surface area contributed by atoms with E-state index < -0.39 is 9.84 Å². The minimum atomic E-state index is -3.26. The van der Waals surface area contributed by atoms with Crippen LogP contribution in [0.4, 0.5) is 0 Å². The number of ether oxygens (including phenoxy) is 1. The lowest BCUT2D eigenvalue weighted by Gasteiger charge is -2.03. The van der Waals surface area contributed by atoms with Gasteiger partial charge in [-0.3, -0.25) is 4.79 Å². The highest BCUT2D eigenvalue weighted by atomic mass is 32.2. The number of allylic oxidation sites excluding steroid dienone is 1. The number of benzene rings is 2. The third kappa shape index (κ3) is 4.40. The fourth-order valence-electron chi connectivity index (χ4n) is 2.75. The molecule has 146 valence electrons. The molecule has 0 radical (unpaired) electrons. The smallest absolute Gasteiger partial charge is 0.252 e. The maximum atomic E-state index is 12.5. The molecular weight excluding hydrogens is 396 g/mol. The van der Waals surface area contributed by atoms with Crippen LogP contribution in [-0.4, -0.2) is 32.3 Å². The molecule has 2 aromatic carbocycles. The second-order valence-corrected chi connectivity index (χ2v) is 9.24. The van der Waals surface area contributed by atoms with Crippen LogP contribution in [0.5, 0.6) is 5.75 Å². The number of rotatable bonds is 6. The molecule has 1 amide bonds. The first-order chi connectivity index (χ1) is 13.3. The number of hydrogen-bond donors (Lipinski definition) is 0.